The van der Waals surface area contributed by atoms with Crippen molar-refractivity contribution in [3.05, 3.63) is 28.2 Å². The van der Waals surface area contributed by atoms with Gasteiger partial charge in [0.25, 0.3) is 0 Å². The zero-order valence-electron chi connectivity index (χ0n) is 7.00. The summed E-state index contributed by atoms with van der Waals surface area (Å²) in [4.78, 5) is 11.7. The molecule has 0 N–H and O–H groups in total. The summed E-state index contributed by atoms with van der Waals surface area (Å²) < 4.78 is 1.12. The van der Waals surface area contributed by atoms with E-state index in [4.69, 9.17) is 0 Å². The van der Waals surface area contributed by atoms with Gasteiger partial charge in [-0.25, -0.2) is 0 Å². The molecule has 0 radical (unpaired) electrons. The fourth-order valence-corrected chi connectivity index (χ4v) is 3.17. The standard InChI is InChI=1S/C10H9BrOS/c11-8-1-2-10-7(5-8)6-9(13-10)3-4-12/h1-2,4-5,9H,3,6H2. The first-order chi connectivity index (χ1) is 6.29. The molecule has 0 aliphatic carbocycles. The van der Waals surface area contributed by atoms with Gasteiger partial charge in [0.15, 0.2) is 0 Å². The number of hydrogen-bond acceptors (Lipinski definition) is 2. The molecule has 0 aromatic heterocycles. The van der Waals surface area contributed by atoms with E-state index in [0.717, 1.165) is 17.2 Å². The summed E-state index contributed by atoms with van der Waals surface area (Å²) in [7, 11) is 0. The number of carbonyl (C=O) groups excluding carboxylic acids is 1. The fourth-order valence-electron chi connectivity index (χ4n) is 1.53. The van der Waals surface area contributed by atoms with Gasteiger partial charge < -0.3 is 4.79 Å². The highest BCUT2D eigenvalue weighted by Crippen LogP contribution is 2.39. The van der Waals surface area contributed by atoms with Crippen molar-refractivity contribution in [2.75, 3.05) is 0 Å². The summed E-state index contributed by atoms with van der Waals surface area (Å²) in [5.41, 5.74) is 1.37. The summed E-state index contributed by atoms with van der Waals surface area (Å²) in [5.74, 6) is 0. The van der Waals surface area contributed by atoms with Gasteiger partial charge in [-0.3, -0.25) is 0 Å². The Kier molecular flexibility index (Phi) is 2.74. The minimum atomic E-state index is 0.460. The predicted molar refractivity (Wildman–Crippen MR) is 58.2 cm³/mol. The molecule has 3 heteroatoms. The van der Waals surface area contributed by atoms with Gasteiger partial charge in [-0.2, -0.15) is 0 Å². The van der Waals surface area contributed by atoms with Crippen molar-refractivity contribution in [2.45, 2.75) is 23.0 Å². The van der Waals surface area contributed by atoms with Crippen LogP contribution in [0.15, 0.2) is 27.6 Å². The third kappa shape index (κ3) is 1.97. The van der Waals surface area contributed by atoms with E-state index in [1.165, 1.54) is 10.5 Å². The van der Waals surface area contributed by atoms with E-state index in [9.17, 15) is 4.79 Å². The van der Waals surface area contributed by atoms with Crippen molar-refractivity contribution in [3.63, 3.8) is 0 Å². The van der Waals surface area contributed by atoms with Gasteiger partial charge in [0, 0.05) is 21.0 Å². The van der Waals surface area contributed by atoms with Crippen LogP contribution >= 0.6 is 27.7 Å². The topological polar surface area (TPSA) is 17.1 Å². The van der Waals surface area contributed by atoms with Gasteiger partial charge in [-0.15, -0.1) is 11.8 Å². The van der Waals surface area contributed by atoms with Crippen LogP contribution in [0.1, 0.15) is 12.0 Å². The minimum Gasteiger partial charge on any atom is -0.303 e. The van der Waals surface area contributed by atoms with E-state index in [-0.39, 0.29) is 0 Å². The predicted octanol–water partition coefficient (Wildman–Crippen LogP) is 3.05. The molecule has 0 bridgehead atoms. The Morgan fingerprint density at radius 2 is 2.46 bits per heavy atom. The average molecular weight is 257 g/mol. The third-order valence-corrected chi connectivity index (χ3v) is 3.96. The van der Waals surface area contributed by atoms with Crippen LogP contribution in [0, 0.1) is 0 Å². The van der Waals surface area contributed by atoms with Crippen LogP contribution in [0.2, 0.25) is 0 Å². The Morgan fingerprint density at radius 1 is 1.62 bits per heavy atom. The molecule has 1 heterocycles. The van der Waals surface area contributed by atoms with E-state index in [2.05, 4.69) is 34.1 Å². The Labute approximate surface area is 90.0 Å². The van der Waals surface area contributed by atoms with E-state index in [0.29, 0.717) is 11.7 Å². The maximum atomic E-state index is 10.4. The highest BCUT2D eigenvalue weighted by Gasteiger charge is 2.21. The Bertz CT molecular complexity index is 338. The van der Waals surface area contributed by atoms with Gasteiger partial charge in [0.05, 0.1) is 0 Å². The highest BCUT2D eigenvalue weighted by atomic mass is 79.9. The van der Waals surface area contributed by atoms with Crippen LogP contribution in [0.25, 0.3) is 0 Å². The number of rotatable bonds is 2. The second-order valence-electron chi connectivity index (χ2n) is 3.10. The van der Waals surface area contributed by atoms with E-state index in [1.807, 2.05) is 11.8 Å². The SMILES string of the molecule is O=CCC1Cc2cc(Br)ccc2S1. The number of hydrogen-bond donors (Lipinski definition) is 0. The molecule has 1 aliphatic heterocycles. The van der Waals surface area contributed by atoms with Gasteiger partial charge >= 0.3 is 0 Å². The Balaban J connectivity index is 2.20. The molecule has 0 fully saturated rings. The summed E-state index contributed by atoms with van der Waals surface area (Å²) in [5, 5.41) is 0.460. The van der Waals surface area contributed by atoms with Crippen LogP contribution < -0.4 is 0 Å². The Morgan fingerprint density at radius 3 is 3.23 bits per heavy atom. The van der Waals surface area contributed by atoms with Crippen LogP contribution in [0.5, 0.6) is 0 Å². The third-order valence-electron chi connectivity index (χ3n) is 2.12. The van der Waals surface area contributed by atoms with Crippen LogP contribution in [0.4, 0.5) is 0 Å². The first-order valence-corrected chi connectivity index (χ1v) is 5.85. The molecular formula is C10H9BrOS. The molecular weight excluding hydrogens is 248 g/mol. The first-order valence-electron chi connectivity index (χ1n) is 4.18. The van der Waals surface area contributed by atoms with Gasteiger partial charge in [-0.05, 0) is 30.2 Å². The van der Waals surface area contributed by atoms with Gasteiger partial charge in [0.1, 0.15) is 6.29 Å². The molecule has 0 amide bonds. The Hall–Kier alpha value is -0.280. The molecule has 2 rings (SSSR count). The van der Waals surface area contributed by atoms with Crippen molar-refractivity contribution in [1.82, 2.24) is 0 Å². The largest absolute Gasteiger partial charge is 0.303 e. The monoisotopic (exact) mass is 256 g/mol. The number of thioether (sulfide) groups is 1. The molecule has 0 spiro atoms. The number of halogens is 1. The molecule has 0 saturated carbocycles. The number of benzene rings is 1. The van der Waals surface area contributed by atoms with Crippen molar-refractivity contribution < 1.29 is 4.79 Å². The average Bonchev–Trinajstić information content (AvgIpc) is 2.46. The maximum Gasteiger partial charge on any atom is 0.121 e. The lowest BCUT2D eigenvalue weighted by Gasteiger charge is -1.99. The molecule has 1 aromatic carbocycles. The highest BCUT2D eigenvalue weighted by molar-refractivity contribution is 9.10. The molecule has 68 valence electrons. The molecule has 1 aromatic rings. The zero-order valence-corrected chi connectivity index (χ0v) is 9.40. The lowest BCUT2D eigenvalue weighted by Crippen LogP contribution is -2.00. The second-order valence-corrected chi connectivity index (χ2v) is 5.36. The number of aldehydes is 1. The van der Waals surface area contributed by atoms with Crippen molar-refractivity contribution in [3.8, 4) is 0 Å². The van der Waals surface area contributed by atoms with E-state index < -0.39 is 0 Å². The minimum absolute atomic E-state index is 0.460. The van der Waals surface area contributed by atoms with Crippen LogP contribution in [0.3, 0.4) is 0 Å². The molecule has 0 saturated heterocycles. The second kappa shape index (κ2) is 3.84. The van der Waals surface area contributed by atoms with Crippen molar-refractivity contribution in [2.24, 2.45) is 0 Å². The summed E-state index contributed by atoms with van der Waals surface area (Å²) in [6, 6.07) is 6.32. The molecule has 1 atom stereocenters. The number of fused-ring (bicyclic) bond motifs is 1. The summed E-state index contributed by atoms with van der Waals surface area (Å²) in [6.07, 6.45) is 2.70. The van der Waals surface area contributed by atoms with Crippen molar-refractivity contribution >= 4 is 34.0 Å². The smallest absolute Gasteiger partial charge is 0.121 e. The zero-order chi connectivity index (χ0) is 9.26. The quantitative estimate of drug-likeness (QED) is 0.757. The van der Waals surface area contributed by atoms with E-state index >= 15 is 0 Å². The van der Waals surface area contributed by atoms with E-state index in [1.54, 1.807) is 0 Å². The maximum absolute atomic E-state index is 10.4. The molecule has 13 heavy (non-hydrogen) atoms. The molecule has 1 aliphatic rings. The van der Waals surface area contributed by atoms with Crippen LogP contribution in [-0.4, -0.2) is 11.5 Å². The lowest BCUT2D eigenvalue weighted by atomic mass is 10.1. The molecule has 1 unspecified atom stereocenters. The molecule has 1 nitrogen and oxygen atoms in total. The normalized spacial score (nSPS) is 19.9. The first kappa shape index (κ1) is 9.28. The van der Waals surface area contributed by atoms with Gasteiger partial charge in [0.2, 0.25) is 0 Å². The fraction of sp³-hybridized carbons (Fsp3) is 0.300. The lowest BCUT2D eigenvalue weighted by molar-refractivity contribution is -0.107. The summed E-state index contributed by atoms with van der Waals surface area (Å²) in [6.45, 7) is 0. The summed E-state index contributed by atoms with van der Waals surface area (Å²) >= 11 is 5.26. The van der Waals surface area contributed by atoms with Gasteiger partial charge in [-0.1, -0.05) is 15.9 Å². The van der Waals surface area contributed by atoms with Crippen LogP contribution in [-0.2, 0) is 11.2 Å². The number of carbonyl (C=O) groups is 1. The van der Waals surface area contributed by atoms with Crippen molar-refractivity contribution in [1.29, 1.82) is 0 Å².